The molecule has 13 heteroatoms. The molecule has 186 valence electrons. The highest BCUT2D eigenvalue weighted by molar-refractivity contribution is 5.94. The molecule has 1 aromatic carbocycles. The van der Waals surface area contributed by atoms with E-state index < -0.39 is 78.5 Å². The molecule has 5 atom stereocenters. The maximum atomic E-state index is 11.8. The topological polar surface area (TPSA) is 181 Å². The molecule has 1 heterocycles. The van der Waals surface area contributed by atoms with Crippen molar-refractivity contribution in [1.82, 2.24) is 0 Å². The Balaban J connectivity index is 2.55. The van der Waals surface area contributed by atoms with Crippen molar-refractivity contribution in [2.45, 2.75) is 58.4 Å². The number of carboxylic acids is 1. The maximum Gasteiger partial charge on any atom is 0.343 e. The molecule has 0 amide bonds. The van der Waals surface area contributed by atoms with Gasteiger partial charge in [0.25, 0.3) is 0 Å². The monoisotopic (exact) mass is 484 g/mol. The number of esters is 4. The molecule has 1 fully saturated rings. The van der Waals surface area contributed by atoms with Gasteiger partial charge in [-0.25, -0.2) is 4.79 Å². The van der Waals surface area contributed by atoms with E-state index in [0.29, 0.717) is 0 Å². The smallest absolute Gasteiger partial charge is 0.343 e. The van der Waals surface area contributed by atoms with Crippen molar-refractivity contribution in [3.63, 3.8) is 0 Å². The van der Waals surface area contributed by atoms with Crippen LogP contribution in [0.2, 0.25) is 0 Å². The summed E-state index contributed by atoms with van der Waals surface area (Å²) in [5.41, 5.74) is -0.615. The zero-order valence-electron chi connectivity index (χ0n) is 18.7. The Morgan fingerprint density at radius 1 is 0.853 bits per heavy atom. The lowest BCUT2D eigenvalue weighted by atomic mass is 9.98. The first kappa shape index (κ1) is 26.4. The van der Waals surface area contributed by atoms with E-state index in [4.69, 9.17) is 28.4 Å². The third-order valence-corrected chi connectivity index (χ3v) is 4.41. The van der Waals surface area contributed by atoms with Gasteiger partial charge in [0.15, 0.2) is 12.2 Å². The Bertz CT molecular complexity index is 956. The molecular formula is C21H24O13. The molecule has 0 saturated carbocycles. The minimum Gasteiger partial charge on any atom is -0.507 e. The Morgan fingerprint density at radius 3 is 1.94 bits per heavy atom. The van der Waals surface area contributed by atoms with E-state index in [1.165, 1.54) is 12.1 Å². The molecule has 0 aliphatic carbocycles. The molecule has 34 heavy (non-hydrogen) atoms. The number of hydrogen-bond donors (Lipinski definition) is 2. The number of carbonyl (C=O) groups excluding carboxylic acids is 4. The van der Waals surface area contributed by atoms with E-state index in [1.54, 1.807) is 0 Å². The summed E-state index contributed by atoms with van der Waals surface area (Å²) in [5, 5.41) is 19.4. The lowest BCUT2D eigenvalue weighted by Crippen LogP contribution is -2.63. The van der Waals surface area contributed by atoms with Crippen LogP contribution in [0.5, 0.6) is 11.5 Å². The molecule has 2 N–H and O–H groups in total. The van der Waals surface area contributed by atoms with Crippen molar-refractivity contribution in [3.05, 3.63) is 23.8 Å². The van der Waals surface area contributed by atoms with E-state index in [0.717, 1.165) is 33.8 Å². The number of aromatic hydroxyl groups is 1. The van der Waals surface area contributed by atoms with Gasteiger partial charge in [-0.15, -0.1) is 0 Å². The molecule has 1 aliphatic rings. The Morgan fingerprint density at radius 2 is 1.41 bits per heavy atom. The first-order valence-corrected chi connectivity index (χ1v) is 9.93. The van der Waals surface area contributed by atoms with Gasteiger partial charge >= 0.3 is 29.8 Å². The highest BCUT2D eigenvalue weighted by Crippen LogP contribution is 2.34. The Hall–Kier alpha value is -3.87. The van der Waals surface area contributed by atoms with Crippen LogP contribution in [-0.2, 0) is 42.9 Å². The minimum atomic E-state index is -1.64. The van der Waals surface area contributed by atoms with Crippen LogP contribution < -0.4 is 4.74 Å². The fraction of sp³-hybridized carbons (Fsp3) is 0.476. The third kappa shape index (κ3) is 6.81. The molecule has 0 unspecified atom stereocenters. The van der Waals surface area contributed by atoms with Gasteiger partial charge in [-0.3, -0.25) is 19.2 Å². The summed E-state index contributed by atoms with van der Waals surface area (Å²) >= 11 is 0. The molecule has 13 nitrogen and oxygen atoms in total. The summed E-state index contributed by atoms with van der Waals surface area (Å²) in [4.78, 5) is 58.3. The molecule has 1 aliphatic heterocycles. The van der Waals surface area contributed by atoms with Crippen molar-refractivity contribution in [3.8, 4) is 11.5 Å². The molecule has 1 saturated heterocycles. The second-order valence-electron chi connectivity index (χ2n) is 7.14. The number of ether oxygens (including phenoxy) is 6. The van der Waals surface area contributed by atoms with Gasteiger partial charge in [-0.1, -0.05) is 6.07 Å². The fourth-order valence-corrected chi connectivity index (χ4v) is 3.24. The average molecular weight is 484 g/mol. The molecule has 2 rings (SSSR count). The third-order valence-electron chi connectivity index (χ3n) is 4.41. The fourth-order valence-electron chi connectivity index (χ4n) is 3.24. The molecular weight excluding hydrogens is 460 g/mol. The zero-order valence-corrected chi connectivity index (χ0v) is 18.7. The summed E-state index contributed by atoms with van der Waals surface area (Å²) in [6.45, 7) is 3.81. The standard InChI is InChI=1S/C21H24O13/c1-9(22)29-8-15-17(30-10(2)23)18(31-11(3)24)19(32-12(4)25)21(34-15)33-14-7-5-6-13(26)16(14)20(27)28/h5-7,15,17-19,21,26H,8H2,1-4H3,(H,27,28)/t15-,17-,18+,19-,21-/m1/s1. The predicted octanol–water partition coefficient (Wildman–Crippen LogP) is 0.552. The maximum absolute atomic E-state index is 11.8. The zero-order chi connectivity index (χ0) is 25.6. The van der Waals surface area contributed by atoms with Crippen LogP contribution in [0.1, 0.15) is 38.1 Å². The van der Waals surface area contributed by atoms with E-state index in [1.807, 2.05) is 0 Å². The Kier molecular flexibility index (Phi) is 8.78. The lowest BCUT2D eigenvalue weighted by molar-refractivity contribution is -0.288. The van der Waals surface area contributed by atoms with Crippen molar-refractivity contribution < 1.29 is 62.6 Å². The second-order valence-corrected chi connectivity index (χ2v) is 7.14. The molecule has 0 radical (unpaired) electrons. The highest BCUT2D eigenvalue weighted by atomic mass is 16.7. The van der Waals surface area contributed by atoms with Gasteiger partial charge in [0.05, 0.1) is 0 Å². The molecule has 0 bridgehead atoms. The van der Waals surface area contributed by atoms with Crippen LogP contribution >= 0.6 is 0 Å². The first-order valence-electron chi connectivity index (χ1n) is 9.93. The van der Waals surface area contributed by atoms with Crippen molar-refractivity contribution in [2.24, 2.45) is 0 Å². The van der Waals surface area contributed by atoms with E-state index in [-0.39, 0.29) is 5.75 Å². The van der Waals surface area contributed by atoms with Gasteiger partial charge in [0, 0.05) is 27.7 Å². The van der Waals surface area contributed by atoms with Gasteiger partial charge < -0.3 is 38.6 Å². The minimum absolute atomic E-state index is 0.367. The first-order chi connectivity index (χ1) is 15.9. The predicted molar refractivity (Wildman–Crippen MR) is 108 cm³/mol. The van der Waals surface area contributed by atoms with Crippen molar-refractivity contribution >= 4 is 29.8 Å². The summed E-state index contributed by atoms with van der Waals surface area (Å²) in [7, 11) is 0. The molecule has 1 aromatic rings. The molecule has 0 aromatic heterocycles. The SMILES string of the molecule is CC(=O)OC[C@H]1O[C@@H](Oc2cccc(O)c2C(=O)O)[C@H](OC(C)=O)[C@@H](OC(C)=O)[C@@H]1OC(C)=O. The van der Waals surface area contributed by atoms with Crippen LogP contribution in [-0.4, -0.2) is 77.4 Å². The summed E-state index contributed by atoms with van der Waals surface area (Å²) < 4.78 is 32.0. The normalized spacial score (nSPS) is 23.8. The van der Waals surface area contributed by atoms with Crippen LogP contribution in [0.15, 0.2) is 18.2 Å². The summed E-state index contributed by atoms with van der Waals surface area (Å²) in [5.74, 6) is -5.71. The van der Waals surface area contributed by atoms with Crippen LogP contribution in [0.3, 0.4) is 0 Å². The van der Waals surface area contributed by atoms with Crippen LogP contribution in [0.4, 0.5) is 0 Å². The largest absolute Gasteiger partial charge is 0.507 e. The molecule has 0 spiro atoms. The number of aromatic carboxylic acids is 1. The van der Waals surface area contributed by atoms with Gasteiger partial charge in [-0.2, -0.15) is 0 Å². The van der Waals surface area contributed by atoms with Crippen LogP contribution in [0, 0.1) is 0 Å². The quantitative estimate of drug-likeness (QED) is 0.386. The number of phenols is 1. The van der Waals surface area contributed by atoms with Crippen molar-refractivity contribution in [1.29, 1.82) is 0 Å². The lowest BCUT2D eigenvalue weighted by Gasteiger charge is -2.44. The van der Waals surface area contributed by atoms with Gasteiger partial charge in [0.2, 0.25) is 12.4 Å². The number of benzene rings is 1. The number of hydrogen-bond acceptors (Lipinski definition) is 12. The number of carboxylic acid groups (broad SMARTS) is 1. The Labute approximate surface area is 193 Å². The summed E-state index contributed by atoms with van der Waals surface area (Å²) in [6.07, 6.45) is -7.35. The van der Waals surface area contributed by atoms with E-state index >= 15 is 0 Å². The second kappa shape index (κ2) is 11.3. The highest BCUT2D eigenvalue weighted by Gasteiger charge is 2.53. The van der Waals surface area contributed by atoms with E-state index in [2.05, 4.69) is 0 Å². The van der Waals surface area contributed by atoms with Crippen molar-refractivity contribution in [2.75, 3.05) is 6.61 Å². The van der Waals surface area contributed by atoms with Crippen LogP contribution in [0.25, 0.3) is 0 Å². The van der Waals surface area contributed by atoms with E-state index in [9.17, 15) is 34.2 Å². The van der Waals surface area contributed by atoms with Gasteiger partial charge in [0.1, 0.15) is 29.8 Å². The number of carbonyl (C=O) groups is 5. The van der Waals surface area contributed by atoms with Gasteiger partial charge in [-0.05, 0) is 12.1 Å². The average Bonchev–Trinajstić information content (AvgIpc) is 2.69. The number of rotatable bonds is 8. The summed E-state index contributed by atoms with van der Waals surface area (Å²) in [6, 6.07) is 3.61.